The monoisotopic (exact) mass is 207 g/mol. The van der Waals surface area contributed by atoms with Gasteiger partial charge in [0.05, 0.1) is 6.20 Å². The largest absolute Gasteiger partial charge is 0.384 e. The summed E-state index contributed by atoms with van der Waals surface area (Å²) in [5, 5.41) is 7.30. The molecule has 0 saturated heterocycles. The van der Waals surface area contributed by atoms with E-state index in [1.54, 1.807) is 6.20 Å². The molecular formula is C10H10ClN3. The van der Waals surface area contributed by atoms with Gasteiger partial charge in [0, 0.05) is 17.0 Å². The summed E-state index contributed by atoms with van der Waals surface area (Å²) >= 11 is 5.87. The number of hydrogen-bond acceptors (Lipinski definition) is 2. The third kappa shape index (κ3) is 1.88. The fourth-order valence-corrected chi connectivity index (χ4v) is 1.54. The maximum atomic E-state index is 5.87. The molecule has 0 spiro atoms. The number of aromatic amines is 1. The van der Waals surface area contributed by atoms with Crippen molar-refractivity contribution in [2.75, 3.05) is 5.73 Å². The van der Waals surface area contributed by atoms with Crippen LogP contribution in [0.25, 0.3) is 0 Å². The minimum absolute atomic E-state index is 0.616. The molecule has 0 aliphatic carbocycles. The Morgan fingerprint density at radius 1 is 1.43 bits per heavy atom. The van der Waals surface area contributed by atoms with Crippen molar-refractivity contribution in [2.45, 2.75) is 6.42 Å². The third-order valence-electron chi connectivity index (χ3n) is 2.03. The van der Waals surface area contributed by atoms with Crippen molar-refractivity contribution in [1.29, 1.82) is 0 Å². The zero-order chi connectivity index (χ0) is 9.97. The Labute approximate surface area is 86.9 Å². The van der Waals surface area contributed by atoms with E-state index in [4.69, 9.17) is 17.3 Å². The van der Waals surface area contributed by atoms with Crippen LogP contribution in [0.5, 0.6) is 0 Å². The minimum atomic E-state index is 0.616. The van der Waals surface area contributed by atoms with Gasteiger partial charge < -0.3 is 5.73 Å². The van der Waals surface area contributed by atoms with Gasteiger partial charge >= 0.3 is 0 Å². The second-order valence-electron chi connectivity index (χ2n) is 3.12. The van der Waals surface area contributed by atoms with Crippen LogP contribution in [0.3, 0.4) is 0 Å². The zero-order valence-electron chi connectivity index (χ0n) is 7.50. The Kier molecular flexibility index (Phi) is 2.41. The van der Waals surface area contributed by atoms with E-state index >= 15 is 0 Å². The smallest absolute Gasteiger partial charge is 0.122 e. The number of H-pyrrole nitrogens is 1. The second-order valence-corrected chi connectivity index (χ2v) is 3.55. The highest BCUT2D eigenvalue weighted by Crippen LogP contribution is 2.16. The lowest BCUT2D eigenvalue weighted by Gasteiger charge is -2.00. The first-order valence-corrected chi connectivity index (χ1v) is 4.65. The summed E-state index contributed by atoms with van der Waals surface area (Å²) in [6, 6.07) is 7.71. The highest BCUT2D eigenvalue weighted by molar-refractivity contribution is 6.30. The van der Waals surface area contributed by atoms with E-state index in [-0.39, 0.29) is 0 Å². The predicted molar refractivity (Wildman–Crippen MR) is 57.3 cm³/mol. The van der Waals surface area contributed by atoms with Crippen molar-refractivity contribution in [3.63, 3.8) is 0 Å². The van der Waals surface area contributed by atoms with Crippen LogP contribution in [0.4, 0.5) is 5.82 Å². The van der Waals surface area contributed by atoms with Gasteiger partial charge in [-0.25, -0.2) is 0 Å². The lowest BCUT2D eigenvalue weighted by Crippen LogP contribution is -1.92. The molecule has 72 valence electrons. The van der Waals surface area contributed by atoms with Crippen LogP contribution in [0.15, 0.2) is 30.5 Å². The van der Waals surface area contributed by atoms with Crippen LogP contribution < -0.4 is 5.73 Å². The number of benzene rings is 1. The average molecular weight is 208 g/mol. The highest BCUT2D eigenvalue weighted by atomic mass is 35.5. The first kappa shape index (κ1) is 9.09. The quantitative estimate of drug-likeness (QED) is 0.794. The first-order valence-electron chi connectivity index (χ1n) is 4.28. The summed E-state index contributed by atoms with van der Waals surface area (Å²) in [5.41, 5.74) is 7.80. The van der Waals surface area contributed by atoms with Gasteiger partial charge in [-0.1, -0.05) is 23.7 Å². The molecule has 1 aromatic heterocycles. The van der Waals surface area contributed by atoms with Crippen molar-refractivity contribution >= 4 is 17.4 Å². The fourth-order valence-electron chi connectivity index (χ4n) is 1.33. The number of nitrogens with zero attached hydrogens (tertiary/aromatic N) is 1. The van der Waals surface area contributed by atoms with Crippen molar-refractivity contribution in [3.05, 3.63) is 46.6 Å². The normalized spacial score (nSPS) is 10.4. The second kappa shape index (κ2) is 3.72. The van der Waals surface area contributed by atoms with Crippen LogP contribution >= 0.6 is 11.6 Å². The van der Waals surface area contributed by atoms with Gasteiger partial charge in [0.1, 0.15) is 5.82 Å². The first-order chi connectivity index (χ1) is 6.75. The van der Waals surface area contributed by atoms with Gasteiger partial charge in [-0.05, 0) is 17.7 Å². The molecule has 0 atom stereocenters. The van der Waals surface area contributed by atoms with Gasteiger partial charge in [-0.3, -0.25) is 5.10 Å². The standard InChI is InChI=1S/C10H10ClN3/c11-9-3-1-2-7(5-9)4-8-6-13-14-10(8)12/h1-3,5-6H,4H2,(H3,12,13,14). The van der Waals surface area contributed by atoms with Gasteiger partial charge in [-0.2, -0.15) is 5.10 Å². The number of nitrogens with two attached hydrogens (primary N) is 1. The number of nitrogens with one attached hydrogen (secondary N) is 1. The molecule has 0 aliphatic rings. The number of anilines is 1. The topological polar surface area (TPSA) is 54.7 Å². The van der Waals surface area contributed by atoms with E-state index in [0.717, 1.165) is 22.6 Å². The van der Waals surface area contributed by atoms with Crippen LogP contribution in [0.2, 0.25) is 5.02 Å². The van der Waals surface area contributed by atoms with Gasteiger partial charge in [0.2, 0.25) is 0 Å². The van der Waals surface area contributed by atoms with Crippen molar-refractivity contribution < 1.29 is 0 Å². The molecule has 0 unspecified atom stereocenters. The van der Waals surface area contributed by atoms with E-state index in [1.807, 2.05) is 24.3 Å². The van der Waals surface area contributed by atoms with E-state index in [1.165, 1.54) is 0 Å². The predicted octanol–water partition coefficient (Wildman–Crippen LogP) is 2.24. The van der Waals surface area contributed by atoms with E-state index in [2.05, 4.69) is 10.2 Å². The molecule has 0 amide bonds. The summed E-state index contributed by atoms with van der Waals surface area (Å²) < 4.78 is 0. The molecule has 0 bridgehead atoms. The molecule has 0 saturated carbocycles. The molecule has 0 radical (unpaired) electrons. The summed E-state index contributed by atoms with van der Waals surface area (Å²) in [7, 11) is 0. The van der Waals surface area contributed by atoms with Crippen molar-refractivity contribution in [1.82, 2.24) is 10.2 Å². The Hall–Kier alpha value is -1.48. The minimum Gasteiger partial charge on any atom is -0.384 e. The van der Waals surface area contributed by atoms with E-state index in [9.17, 15) is 0 Å². The number of nitrogen functional groups attached to an aromatic ring is 1. The third-order valence-corrected chi connectivity index (χ3v) is 2.27. The van der Waals surface area contributed by atoms with Gasteiger partial charge in [-0.15, -0.1) is 0 Å². The van der Waals surface area contributed by atoms with Crippen LogP contribution in [-0.2, 0) is 6.42 Å². The maximum absolute atomic E-state index is 5.87. The van der Waals surface area contributed by atoms with Crippen molar-refractivity contribution in [2.24, 2.45) is 0 Å². The lowest BCUT2D eigenvalue weighted by molar-refractivity contribution is 1.10. The molecule has 2 rings (SSSR count). The maximum Gasteiger partial charge on any atom is 0.122 e. The van der Waals surface area contributed by atoms with Crippen LogP contribution in [0, 0.1) is 0 Å². The molecule has 0 fully saturated rings. The van der Waals surface area contributed by atoms with E-state index in [0.29, 0.717) is 5.82 Å². The summed E-state index contributed by atoms with van der Waals surface area (Å²) in [5.74, 6) is 0.616. The average Bonchev–Trinajstić information content (AvgIpc) is 2.52. The summed E-state index contributed by atoms with van der Waals surface area (Å²) in [6.07, 6.45) is 2.49. The highest BCUT2D eigenvalue weighted by Gasteiger charge is 2.02. The number of rotatable bonds is 2. The van der Waals surface area contributed by atoms with Gasteiger partial charge in [0.15, 0.2) is 0 Å². The SMILES string of the molecule is Nc1[nH]ncc1Cc1cccc(Cl)c1. The zero-order valence-corrected chi connectivity index (χ0v) is 8.25. The molecule has 1 heterocycles. The van der Waals surface area contributed by atoms with E-state index < -0.39 is 0 Å². The van der Waals surface area contributed by atoms with Crippen molar-refractivity contribution in [3.8, 4) is 0 Å². The summed E-state index contributed by atoms with van der Waals surface area (Å²) in [4.78, 5) is 0. The van der Waals surface area contributed by atoms with Crippen LogP contribution in [-0.4, -0.2) is 10.2 Å². The Morgan fingerprint density at radius 2 is 2.29 bits per heavy atom. The molecule has 3 nitrogen and oxygen atoms in total. The molecule has 0 aliphatic heterocycles. The van der Waals surface area contributed by atoms with Crippen LogP contribution in [0.1, 0.15) is 11.1 Å². The number of aromatic nitrogens is 2. The fraction of sp³-hybridized carbons (Fsp3) is 0.100. The molecule has 3 N–H and O–H groups in total. The van der Waals surface area contributed by atoms with Gasteiger partial charge in [0.25, 0.3) is 0 Å². The number of hydrogen-bond donors (Lipinski definition) is 2. The summed E-state index contributed by atoms with van der Waals surface area (Å²) in [6.45, 7) is 0. The molecule has 4 heteroatoms. The Morgan fingerprint density at radius 3 is 2.93 bits per heavy atom. The molecule has 14 heavy (non-hydrogen) atoms. The Balaban J connectivity index is 2.23. The molecule has 1 aromatic carbocycles. The number of halogens is 1. The lowest BCUT2D eigenvalue weighted by atomic mass is 10.1. The molecular weight excluding hydrogens is 198 g/mol. The molecule has 2 aromatic rings. The Bertz CT molecular complexity index is 436.